The van der Waals surface area contributed by atoms with Crippen LogP contribution in [0.25, 0.3) is 0 Å². The number of hydrogen-bond donors (Lipinski definition) is 0. The number of hydrogen-bond acceptors (Lipinski definition) is 0. The van der Waals surface area contributed by atoms with E-state index in [0.29, 0.717) is 26.3 Å². The van der Waals surface area contributed by atoms with E-state index in [4.69, 9.17) is 0 Å². The molecule has 156 valence electrons. The van der Waals surface area contributed by atoms with Gasteiger partial charge in [0.15, 0.2) is 0 Å². The van der Waals surface area contributed by atoms with Crippen molar-refractivity contribution in [1.82, 2.24) is 0 Å². The summed E-state index contributed by atoms with van der Waals surface area (Å²) in [7, 11) is 0. The van der Waals surface area contributed by atoms with Gasteiger partial charge < -0.3 is 0 Å². The molecule has 1 aliphatic heterocycles. The molecule has 4 rings (SSSR count). The summed E-state index contributed by atoms with van der Waals surface area (Å²) in [5.74, 6) is 7.26. The standard InChI is InChI=1S/C26H46Te/c1-18(2)7-6-8-19(3)22-11-12-23-21-10-9-20-17-27-16-15-25(20,4)24(21)13-14-26(22,23)5/h18-24H,6-17H2,1-5H3/t19-,20+,21+,22-,23+,24+,25+,26-/m1/s1. The second-order valence-corrected chi connectivity index (χ2v) is 15.3. The van der Waals surface area contributed by atoms with Crippen LogP contribution in [0.5, 0.6) is 0 Å². The van der Waals surface area contributed by atoms with Gasteiger partial charge >= 0.3 is 161 Å². The third-order valence-corrected chi connectivity index (χ3v) is 13.6. The Kier molecular flexibility index (Phi) is 6.34. The van der Waals surface area contributed by atoms with Crippen LogP contribution in [-0.4, -0.2) is 20.9 Å². The van der Waals surface area contributed by atoms with Gasteiger partial charge in [-0.25, -0.2) is 0 Å². The van der Waals surface area contributed by atoms with Crippen molar-refractivity contribution in [2.75, 3.05) is 0 Å². The van der Waals surface area contributed by atoms with Gasteiger partial charge in [-0.05, 0) is 5.92 Å². The molecule has 0 radical (unpaired) electrons. The monoisotopic (exact) mass is 488 g/mol. The van der Waals surface area contributed by atoms with Crippen molar-refractivity contribution in [3.05, 3.63) is 0 Å². The predicted molar refractivity (Wildman–Crippen MR) is 119 cm³/mol. The first-order valence-electron chi connectivity index (χ1n) is 12.4. The number of rotatable bonds is 5. The van der Waals surface area contributed by atoms with Crippen LogP contribution in [0.4, 0.5) is 0 Å². The van der Waals surface area contributed by atoms with Gasteiger partial charge in [0, 0.05) is 0 Å². The molecule has 4 fully saturated rings. The van der Waals surface area contributed by atoms with E-state index in [-0.39, 0.29) is 0 Å². The van der Waals surface area contributed by atoms with Crippen LogP contribution in [0.1, 0.15) is 98.8 Å². The van der Waals surface area contributed by atoms with Crippen LogP contribution < -0.4 is 0 Å². The van der Waals surface area contributed by atoms with E-state index in [1.165, 1.54) is 19.3 Å². The van der Waals surface area contributed by atoms with Crippen molar-refractivity contribution >= 4 is 20.9 Å². The Labute approximate surface area is 180 Å². The maximum atomic E-state index is 2.76. The summed E-state index contributed by atoms with van der Waals surface area (Å²) >= 11 is 0.386. The van der Waals surface area contributed by atoms with Gasteiger partial charge in [0.1, 0.15) is 0 Å². The Balaban J connectivity index is 1.46. The molecule has 0 amide bonds. The Morgan fingerprint density at radius 1 is 0.852 bits per heavy atom. The van der Waals surface area contributed by atoms with Crippen molar-refractivity contribution in [2.24, 2.45) is 52.3 Å². The summed E-state index contributed by atoms with van der Waals surface area (Å²) in [5, 5.41) is 0. The summed E-state index contributed by atoms with van der Waals surface area (Å²) < 4.78 is 3.33. The van der Waals surface area contributed by atoms with Crippen LogP contribution in [-0.2, 0) is 0 Å². The van der Waals surface area contributed by atoms with E-state index in [1.54, 1.807) is 53.9 Å². The van der Waals surface area contributed by atoms with Gasteiger partial charge in [-0.15, -0.1) is 0 Å². The Hall–Kier alpha value is 0.790. The molecule has 3 saturated carbocycles. The molecule has 8 atom stereocenters. The van der Waals surface area contributed by atoms with E-state index in [2.05, 4.69) is 34.6 Å². The Bertz CT molecular complexity index is 512. The second kappa shape index (κ2) is 8.14. The molecule has 0 aromatic rings. The average molecular weight is 486 g/mol. The molecule has 0 N–H and O–H groups in total. The van der Waals surface area contributed by atoms with Gasteiger partial charge in [-0.1, -0.05) is 13.8 Å². The van der Waals surface area contributed by atoms with Gasteiger partial charge in [0.2, 0.25) is 0 Å². The molecule has 1 heteroatoms. The van der Waals surface area contributed by atoms with E-state index < -0.39 is 0 Å². The molecular formula is C26H46Te. The normalized spacial score (nSPS) is 48.0. The first kappa shape index (κ1) is 21.0. The first-order valence-corrected chi connectivity index (χ1v) is 15.7. The quantitative estimate of drug-likeness (QED) is 0.347. The summed E-state index contributed by atoms with van der Waals surface area (Å²) in [5.41, 5.74) is 1.43. The van der Waals surface area contributed by atoms with Crippen LogP contribution >= 0.6 is 0 Å². The zero-order valence-corrected chi connectivity index (χ0v) is 21.3. The Morgan fingerprint density at radius 2 is 1.63 bits per heavy atom. The third-order valence-electron chi connectivity index (χ3n) is 10.4. The van der Waals surface area contributed by atoms with E-state index in [9.17, 15) is 0 Å². The zero-order valence-electron chi connectivity index (χ0n) is 18.9. The molecule has 0 aromatic heterocycles. The first-order chi connectivity index (χ1) is 12.9. The van der Waals surface area contributed by atoms with Gasteiger partial charge in [-0.3, -0.25) is 0 Å². The molecule has 27 heavy (non-hydrogen) atoms. The van der Waals surface area contributed by atoms with E-state index in [1.807, 2.05) is 0 Å². The van der Waals surface area contributed by atoms with Crippen molar-refractivity contribution in [1.29, 1.82) is 0 Å². The Morgan fingerprint density at radius 3 is 2.41 bits per heavy atom. The van der Waals surface area contributed by atoms with Crippen LogP contribution in [0, 0.1) is 52.3 Å². The molecular weight excluding hydrogens is 440 g/mol. The van der Waals surface area contributed by atoms with Gasteiger partial charge in [-0.2, -0.15) is 0 Å². The minimum absolute atomic E-state index is 0.386. The molecule has 0 unspecified atom stereocenters. The van der Waals surface area contributed by atoms with Crippen molar-refractivity contribution in [3.8, 4) is 0 Å². The molecule has 4 aliphatic rings. The fraction of sp³-hybridized carbons (Fsp3) is 1.00. The van der Waals surface area contributed by atoms with Crippen LogP contribution in [0.15, 0.2) is 0 Å². The summed E-state index contributed by atoms with van der Waals surface area (Å²) in [4.78, 5) is 0. The van der Waals surface area contributed by atoms with Crippen molar-refractivity contribution < 1.29 is 0 Å². The molecule has 0 nitrogen and oxygen atoms in total. The van der Waals surface area contributed by atoms with E-state index in [0.717, 1.165) is 46.8 Å². The number of fused-ring (bicyclic) bond motifs is 5. The van der Waals surface area contributed by atoms with E-state index >= 15 is 0 Å². The summed E-state index contributed by atoms with van der Waals surface area (Å²) in [6.45, 7) is 12.9. The fourth-order valence-corrected chi connectivity index (χ4v) is 13.3. The third kappa shape index (κ3) is 3.69. The zero-order chi connectivity index (χ0) is 19.2. The van der Waals surface area contributed by atoms with Gasteiger partial charge in [0.05, 0.1) is 0 Å². The SMILES string of the molecule is CC(C)CCC[C@@H](C)[C@H]1CC[C@H]2[C@@H]3CC[C@H]4C[Te]CC[C@]4(C)[C@H]3CC[C@]12C. The van der Waals surface area contributed by atoms with Crippen LogP contribution in [0.2, 0.25) is 8.94 Å². The predicted octanol–water partition coefficient (Wildman–Crippen LogP) is 7.87. The van der Waals surface area contributed by atoms with Crippen LogP contribution in [0.3, 0.4) is 0 Å². The fourth-order valence-electron chi connectivity index (χ4n) is 8.74. The topological polar surface area (TPSA) is 0 Å². The minimum atomic E-state index is 0.386. The molecule has 3 aliphatic carbocycles. The molecule has 0 spiro atoms. The van der Waals surface area contributed by atoms with Gasteiger partial charge in [0.25, 0.3) is 0 Å². The maximum absolute atomic E-state index is 2.76. The molecule has 1 saturated heterocycles. The molecule has 0 aromatic carbocycles. The average Bonchev–Trinajstić information content (AvgIpc) is 2.98. The second-order valence-electron chi connectivity index (χ2n) is 12.0. The summed E-state index contributed by atoms with van der Waals surface area (Å²) in [6.07, 6.45) is 15.5. The van der Waals surface area contributed by atoms with Crippen molar-refractivity contribution in [2.45, 2.75) is 108 Å². The molecule has 0 bridgehead atoms. The molecule has 1 heterocycles. The van der Waals surface area contributed by atoms with Crippen molar-refractivity contribution in [3.63, 3.8) is 0 Å². The summed E-state index contributed by atoms with van der Waals surface area (Å²) in [6, 6.07) is 0.